The molecule has 31 heavy (non-hydrogen) atoms. The van der Waals surface area contributed by atoms with E-state index in [-0.39, 0.29) is 18.3 Å². The Morgan fingerprint density at radius 1 is 1.19 bits per heavy atom. The van der Waals surface area contributed by atoms with Gasteiger partial charge in [-0.05, 0) is 44.2 Å². The van der Waals surface area contributed by atoms with Crippen LogP contribution in [0.1, 0.15) is 20.3 Å². The monoisotopic (exact) mass is 439 g/mol. The van der Waals surface area contributed by atoms with E-state index in [1.807, 2.05) is 43.3 Å². The van der Waals surface area contributed by atoms with Gasteiger partial charge in [0.1, 0.15) is 5.75 Å². The second-order valence-corrected chi connectivity index (χ2v) is 8.09. The van der Waals surface area contributed by atoms with E-state index in [2.05, 4.69) is 15.6 Å². The van der Waals surface area contributed by atoms with Crippen molar-refractivity contribution >= 4 is 45.7 Å². The van der Waals surface area contributed by atoms with Gasteiger partial charge in [0.05, 0.1) is 41.8 Å². The molecule has 1 atom stereocenters. The second-order valence-electron chi connectivity index (χ2n) is 6.72. The molecule has 162 valence electrons. The van der Waals surface area contributed by atoms with Crippen molar-refractivity contribution in [2.24, 2.45) is 4.99 Å². The highest BCUT2D eigenvalue weighted by Gasteiger charge is 2.20. The normalized spacial score (nSPS) is 13.5. The summed E-state index contributed by atoms with van der Waals surface area (Å²) in [5, 5.41) is 6.36. The lowest BCUT2D eigenvalue weighted by molar-refractivity contribution is -0.142. The van der Waals surface area contributed by atoms with E-state index in [0.717, 1.165) is 11.4 Å². The molecule has 0 aromatic heterocycles. The molecule has 1 heterocycles. The molecule has 1 amide bonds. The number of ether oxygens (including phenoxy) is 2. The first-order valence-electron chi connectivity index (χ1n) is 9.91. The number of hydrogen-bond donors (Lipinski definition) is 2. The van der Waals surface area contributed by atoms with Gasteiger partial charge in [-0.15, -0.1) is 0 Å². The molecule has 0 fully saturated rings. The van der Waals surface area contributed by atoms with Gasteiger partial charge >= 0.3 is 5.97 Å². The summed E-state index contributed by atoms with van der Waals surface area (Å²) in [6.45, 7) is 3.90. The molecule has 2 N–H and O–H groups in total. The highest BCUT2D eigenvalue weighted by atomic mass is 32.2. The van der Waals surface area contributed by atoms with Gasteiger partial charge in [-0.3, -0.25) is 9.59 Å². The summed E-state index contributed by atoms with van der Waals surface area (Å²) in [4.78, 5) is 29.4. The van der Waals surface area contributed by atoms with E-state index < -0.39 is 5.25 Å². The number of carbonyl (C=O) groups excluding carboxylic acids is 2. The first-order valence-corrected chi connectivity index (χ1v) is 10.8. The summed E-state index contributed by atoms with van der Waals surface area (Å²) >= 11 is 1.32. The van der Waals surface area contributed by atoms with Gasteiger partial charge in [-0.1, -0.05) is 30.0 Å². The van der Waals surface area contributed by atoms with Gasteiger partial charge in [-0.25, -0.2) is 4.99 Å². The van der Waals surface area contributed by atoms with E-state index in [1.54, 1.807) is 32.2 Å². The van der Waals surface area contributed by atoms with Crippen LogP contribution < -0.4 is 15.4 Å². The zero-order valence-electron chi connectivity index (χ0n) is 17.7. The van der Waals surface area contributed by atoms with E-state index in [1.165, 1.54) is 11.8 Å². The van der Waals surface area contributed by atoms with E-state index >= 15 is 0 Å². The molecule has 2 aromatic carbocycles. The minimum atomic E-state index is -0.421. The SMILES string of the molecule is CCOC(=O)CC1=CC(S[C@H](C)C(=O)Nc2cccc(OC)c2)=Nc2ccccc2N1. The maximum atomic E-state index is 12.7. The lowest BCUT2D eigenvalue weighted by Gasteiger charge is -2.13. The van der Waals surface area contributed by atoms with Crippen LogP contribution in [-0.2, 0) is 14.3 Å². The number of hydrogen-bond acceptors (Lipinski definition) is 7. The van der Waals surface area contributed by atoms with Crippen LogP contribution in [0, 0.1) is 0 Å². The van der Waals surface area contributed by atoms with Crippen LogP contribution in [0.15, 0.2) is 65.3 Å². The average molecular weight is 440 g/mol. The van der Waals surface area contributed by atoms with E-state index in [0.29, 0.717) is 28.8 Å². The molecule has 0 bridgehead atoms. The predicted molar refractivity (Wildman–Crippen MR) is 125 cm³/mol. The zero-order chi connectivity index (χ0) is 22.2. The van der Waals surface area contributed by atoms with Crippen LogP contribution in [0.4, 0.5) is 17.1 Å². The van der Waals surface area contributed by atoms with Crippen molar-refractivity contribution in [2.75, 3.05) is 24.4 Å². The fourth-order valence-corrected chi connectivity index (χ4v) is 3.78. The number of nitrogens with one attached hydrogen (secondary N) is 2. The van der Waals surface area contributed by atoms with Crippen LogP contribution >= 0.6 is 11.8 Å². The molecule has 0 radical (unpaired) electrons. The Bertz CT molecular complexity index is 1020. The first kappa shape index (κ1) is 22.4. The van der Waals surface area contributed by atoms with Crippen LogP contribution in [-0.4, -0.2) is 35.9 Å². The van der Waals surface area contributed by atoms with E-state index in [9.17, 15) is 9.59 Å². The number of aliphatic imine (C=N–C) groups is 1. The summed E-state index contributed by atoms with van der Waals surface area (Å²) in [7, 11) is 1.58. The standard InChI is InChI=1S/C23H25N3O4S/c1-4-30-22(27)14-17-13-21(26-20-11-6-5-10-19(20)24-17)31-15(2)23(28)25-16-8-7-9-18(12-16)29-3/h5-13,15,24H,4,14H2,1-3H3,(H,25,28)/t15-/m1/s1. The van der Waals surface area contributed by atoms with Crippen LogP contribution in [0.2, 0.25) is 0 Å². The number of nitrogens with zero attached hydrogens (tertiary/aromatic N) is 1. The summed E-state index contributed by atoms with van der Waals surface area (Å²) in [6.07, 6.45) is 1.88. The fraction of sp³-hybridized carbons (Fsp3) is 0.261. The molecule has 1 aliphatic rings. The number of anilines is 2. The Morgan fingerprint density at radius 3 is 2.77 bits per heavy atom. The molecule has 2 aromatic rings. The molecule has 0 aliphatic carbocycles. The summed E-state index contributed by atoms with van der Waals surface area (Å²) in [5.41, 5.74) is 2.85. The average Bonchev–Trinajstić information content (AvgIpc) is 2.92. The van der Waals surface area contributed by atoms with Gasteiger partial charge in [-0.2, -0.15) is 0 Å². The van der Waals surface area contributed by atoms with Crippen molar-refractivity contribution in [3.63, 3.8) is 0 Å². The quantitative estimate of drug-likeness (QED) is 0.606. The zero-order valence-corrected chi connectivity index (χ0v) is 18.5. The molecule has 1 aliphatic heterocycles. The number of carbonyl (C=O) groups is 2. The van der Waals surface area contributed by atoms with Crippen molar-refractivity contribution in [1.82, 2.24) is 0 Å². The minimum absolute atomic E-state index is 0.0894. The van der Waals surface area contributed by atoms with Crippen molar-refractivity contribution in [2.45, 2.75) is 25.5 Å². The lowest BCUT2D eigenvalue weighted by Crippen LogP contribution is -2.23. The number of amides is 1. The Labute approximate surface area is 185 Å². The predicted octanol–water partition coefficient (Wildman–Crippen LogP) is 4.75. The van der Waals surface area contributed by atoms with Gasteiger partial charge in [0.15, 0.2) is 0 Å². The minimum Gasteiger partial charge on any atom is -0.497 e. The van der Waals surface area contributed by atoms with Crippen LogP contribution in [0.3, 0.4) is 0 Å². The third-order valence-corrected chi connectivity index (χ3v) is 5.39. The molecule has 0 saturated carbocycles. The van der Waals surface area contributed by atoms with E-state index in [4.69, 9.17) is 9.47 Å². The number of esters is 1. The lowest BCUT2D eigenvalue weighted by atomic mass is 10.2. The maximum absolute atomic E-state index is 12.7. The number of benzene rings is 2. The van der Waals surface area contributed by atoms with Crippen LogP contribution in [0.25, 0.3) is 0 Å². The highest BCUT2D eigenvalue weighted by molar-refractivity contribution is 8.15. The topological polar surface area (TPSA) is 89.0 Å². The molecule has 3 rings (SSSR count). The summed E-state index contributed by atoms with van der Waals surface area (Å²) < 4.78 is 10.3. The summed E-state index contributed by atoms with van der Waals surface area (Å²) in [6, 6.07) is 14.8. The van der Waals surface area contributed by atoms with Gasteiger partial charge < -0.3 is 20.1 Å². The molecule has 8 heteroatoms. The third kappa shape index (κ3) is 6.36. The Kier molecular flexibility index (Phi) is 7.72. The molecule has 0 spiro atoms. The number of thioether (sulfide) groups is 1. The summed E-state index contributed by atoms with van der Waals surface area (Å²) in [5.74, 6) is 0.182. The second kappa shape index (κ2) is 10.7. The number of fused-ring (bicyclic) bond motifs is 1. The molecule has 7 nitrogen and oxygen atoms in total. The molecule has 0 unspecified atom stereocenters. The van der Waals surface area contributed by atoms with Gasteiger partial charge in [0, 0.05) is 17.5 Å². The molecular weight excluding hydrogens is 414 g/mol. The largest absolute Gasteiger partial charge is 0.497 e. The van der Waals surface area contributed by atoms with Gasteiger partial charge in [0.2, 0.25) is 5.91 Å². The Hall–Kier alpha value is -3.26. The maximum Gasteiger partial charge on any atom is 0.311 e. The fourth-order valence-electron chi connectivity index (χ4n) is 2.89. The first-order chi connectivity index (χ1) is 15.0. The number of para-hydroxylation sites is 2. The number of rotatable bonds is 7. The van der Waals surface area contributed by atoms with Crippen molar-refractivity contribution < 1.29 is 19.1 Å². The smallest absolute Gasteiger partial charge is 0.311 e. The Morgan fingerprint density at radius 2 is 2.00 bits per heavy atom. The van der Waals surface area contributed by atoms with Crippen LogP contribution in [0.5, 0.6) is 5.75 Å². The number of methoxy groups -OCH3 is 1. The third-order valence-electron chi connectivity index (χ3n) is 4.37. The van der Waals surface area contributed by atoms with Crippen molar-refractivity contribution in [3.8, 4) is 5.75 Å². The van der Waals surface area contributed by atoms with Crippen molar-refractivity contribution in [1.29, 1.82) is 0 Å². The molecular formula is C23H25N3O4S. The molecule has 0 saturated heterocycles. The van der Waals surface area contributed by atoms with Crippen molar-refractivity contribution in [3.05, 3.63) is 60.3 Å². The Balaban J connectivity index is 1.76. The highest BCUT2D eigenvalue weighted by Crippen LogP contribution is 2.32. The van der Waals surface area contributed by atoms with Gasteiger partial charge in [0.25, 0.3) is 0 Å².